The monoisotopic (exact) mass is 264 g/mol. The molecular formula is C16H16N4. The summed E-state index contributed by atoms with van der Waals surface area (Å²) in [5.41, 5.74) is 3.36. The number of H-pyrrole nitrogens is 1. The Labute approximate surface area is 117 Å². The number of aromatic nitrogens is 3. The zero-order valence-electron chi connectivity index (χ0n) is 11.1. The smallest absolute Gasteiger partial charge is 0.137 e. The fourth-order valence-corrected chi connectivity index (χ4v) is 2.04. The molecule has 3 rings (SSSR count). The van der Waals surface area contributed by atoms with Gasteiger partial charge in [-0.2, -0.15) is 0 Å². The van der Waals surface area contributed by atoms with E-state index in [2.05, 4.69) is 26.3 Å². The van der Waals surface area contributed by atoms with Gasteiger partial charge in [-0.1, -0.05) is 36.4 Å². The van der Waals surface area contributed by atoms with Crippen LogP contribution >= 0.6 is 0 Å². The summed E-state index contributed by atoms with van der Waals surface area (Å²) in [6.07, 6.45) is 5.53. The van der Waals surface area contributed by atoms with Crippen LogP contribution in [0.4, 0.5) is 0 Å². The molecule has 2 N–H and O–H groups in total. The molecule has 2 aromatic heterocycles. The number of benzene rings is 1. The van der Waals surface area contributed by atoms with Gasteiger partial charge in [-0.15, -0.1) is 0 Å². The van der Waals surface area contributed by atoms with Crippen molar-refractivity contribution in [1.82, 2.24) is 20.3 Å². The molecule has 0 fully saturated rings. The van der Waals surface area contributed by atoms with Gasteiger partial charge in [-0.05, 0) is 11.6 Å². The van der Waals surface area contributed by atoms with E-state index in [-0.39, 0.29) is 0 Å². The molecule has 0 saturated carbocycles. The number of imidazole rings is 1. The molecule has 0 amide bonds. The van der Waals surface area contributed by atoms with E-state index in [1.54, 1.807) is 6.20 Å². The maximum atomic E-state index is 4.40. The van der Waals surface area contributed by atoms with Gasteiger partial charge in [-0.25, -0.2) is 4.98 Å². The van der Waals surface area contributed by atoms with Gasteiger partial charge in [0.15, 0.2) is 0 Å². The molecule has 0 aliphatic rings. The Hall–Kier alpha value is -2.46. The van der Waals surface area contributed by atoms with Crippen LogP contribution in [0, 0.1) is 0 Å². The van der Waals surface area contributed by atoms with E-state index < -0.39 is 0 Å². The molecule has 0 aliphatic carbocycles. The third-order valence-electron chi connectivity index (χ3n) is 3.04. The molecule has 0 aliphatic heterocycles. The number of hydrogen-bond acceptors (Lipinski definition) is 3. The Kier molecular flexibility index (Phi) is 3.85. The normalized spacial score (nSPS) is 10.6. The van der Waals surface area contributed by atoms with Crippen molar-refractivity contribution in [3.8, 4) is 11.4 Å². The fraction of sp³-hybridized carbons (Fsp3) is 0.125. The highest BCUT2D eigenvalue weighted by Crippen LogP contribution is 2.14. The lowest BCUT2D eigenvalue weighted by molar-refractivity contribution is 0.681. The molecule has 2 heterocycles. The first-order valence-corrected chi connectivity index (χ1v) is 6.61. The van der Waals surface area contributed by atoms with Crippen LogP contribution in [0.25, 0.3) is 11.4 Å². The first-order valence-electron chi connectivity index (χ1n) is 6.61. The number of aromatic amines is 1. The molecule has 0 spiro atoms. The predicted octanol–water partition coefficient (Wildman–Crippen LogP) is 2.76. The Morgan fingerprint density at radius 3 is 2.65 bits per heavy atom. The Morgan fingerprint density at radius 1 is 0.950 bits per heavy atom. The van der Waals surface area contributed by atoms with E-state index in [1.807, 2.05) is 48.8 Å². The van der Waals surface area contributed by atoms with Crippen LogP contribution in [0.5, 0.6) is 0 Å². The number of nitrogens with zero attached hydrogens (tertiary/aromatic N) is 2. The van der Waals surface area contributed by atoms with Crippen molar-refractivity contribution in [2.24, 2.45) is 0 Å². The zero-order chi connectivity index (χ0) is 13.6. The van der Waals surface area contributed by atoms with Gasteiger partial charge in [0.05, 0.1) is 0 Å². The predicted molar refractivity (Wildman–Crippen MR) is 78.8 cm³/mol. The summed E-state index contributed by atoms with van der Waals surface area (Å²) in [5.74, 6) is 0.906. The Bertz CT molecular complexity index is 647. The van der Waals surface area contributed by atoms with Crippen molar-refractivity contribution < 1.29 is 0 Å². The quantitative estimate of drug-likeness (QED) is 0.745. The lowest BCUT2D eigenvalue weighted by Crippen LogP contribution is -2.12. The van der Waals surface area contributed by atoms with Crippen LogP contribution in [0.3, 0.4) is 0 Å². The van der Waals surface area contributed by atoms with Gasteiger partial charge >= 0.3 is 0 Å². The summed E-state index contributed by atoms with van der Waals surface area (Å²) < 4.78 is 0. The summed E-state index contributed by atoms with van der Waals surface area (Å²) in [4.78, 5) is 11.8. The third kappa shape index (κ3) is 3.10. The minimum absolute atomic E-state index is 0.759. The Morgan fingerprint density at radius 2 is 1.85 bits per heavy atom. The average molecular weight is 264 g/mol. The number of pyridine rings is 1. The number of nitrogens with one attached hydrogen (secondary N) is 2. The standard InChI is InChI=1S/C16H16N4/c1-2-6-14(7-3-1)16-19-12-15(20-16)11-18-10-13-5-4-8-17-9-13/h1-9,12,18H,10-11H2,(H,19,20). The molecule has 20 heavy (non-hydrogen) atoms. The van der Waals surface area contributed by atoms with E-state index in [0.29, 0.717) is 0 Å². The average Bonchev–Trinajstić information content (AvgIpc) is 2.98. The van der Waals surface area contributed by atoms with Gasteiger partial charge < -0.3 is 10.3 Å². The molecule has 0 bridgehead atoms. The van der Waals surface area contributed by atoms with Crippen molar-refractivity contribution in [3.63, 3.8) is 0 Å². The van der Waals surface area contributed by atoms with E-state index in [4.69, 9.17) is 0 Å². The van der Waals surface area contributed by atoms with E-state index in [0.717, 1.165) is 30.2 Å². The molecule has 0 atom stereocenters. The molecule has 1 aromatic carbocycles. The van der Waals surface area contributed by atoms with Crippen LogP contribution in [0.15, 0.2) is 61.1 Å². The number of hydrogen-bond donors (Lipinski definition) is 2. The topological polar surface area (TPSA) is 53.6 Å². The Balaban J connectivity index is 1.58. The van der Waals surface area contributed by atoms with Crippen molar-refractivity contribution >= 4 is 0 Å². The largest absolute Gasteiger partial charge is 0.341 e. The highest BCUT2D eigenvalue weighted by atomic mass is 15.0. The van der Waals surface area contributed by atoms with Crippen molar-refractivity contribution in [3.05, 3.63) is 72.3 Å². The number of rotatable bonds is 5. The molecular weight excluding hydrogens is 248 g/mol. The lowest BCUT2D eigenvalue weighted by atomic mass is 10.2. The van der Waals surface area contributed by atoms with Gasteiger partial charge in [-0.3, -0.25) is 4.98 Å². The fourth-order valence-electron chi connectivity index (χ4n) is 2.04. The van der Waals surface area contributed by atoms with Crippen LogP contribution in [-0.4, -0.2) is 15.0 Å². The summed E-state index contributed by atoms with van der Waals surface area (Å²) in [7, 11) is 0. The summed E-state index contributed by atoms with van der Waals surface area (Å²) in [6.45, 7) is 1.56. The van der Waals surface area contributed by atoms with E-state index in [1.165, 1.54) is 5.56 Å². The summed E-state index contributed by atoms with van der Waals surface area (Å²) in [5, 5.41) is 3.37. The van der Waals surface area contributed by atoms with Crippen LogP contribution < -0.4 is 5.32 Å². The maximum absolute atomic E-state index is 4.40. The lowest BCUT2D eigenvalue weighted by Gasteiger charge is -2.02. The molecule has 3 aromatic rings. The summed E-state index contributed by atoms with van der Waals surface area (Å²) in [6, 6.07) is 14.1. The molecule has 0 radical (unpaired) electrons. The highest BCUT2D eigenvalue weighted by Gasteiger charge is 2.02. The van der Waals surface area contributed by atoms with Crippen molar-refractivity contribution in [1.29, 1.82) is 0 Å². The van der Waals surface area contributed by atoms with Crippen LogP contribution in [-0.2, 0) is 13.1 Å². The SMILES string of the molecule is c1ccc(-c2ncc(CNCc3cccnc3)[nH]2)cc1. The maximum Gasteiger partial charge on any atom is 0.137 e. The van der Waals surface area contributed by atoms with Gasteiger partial charge in [0.2, 0.25) is 0 Å². The van der Waals surface area contributed by atoms with E-state index in [9.17, 15) is 0 Å². The second-order valence-corrected chi connectivity index (χ2v) is 4.59. The van der Waals surface area contributed by atoms with Crippen molar-refractivity contribution in [2.45, 2.75) is 13.1 Å². The second kappa shape index (κ2) is 6.12. The van der Waals surface area contributed by atoms with Gasteiger partial charge in [0.25, 0.3) is 0 Å². The first-order chi connectivity index (χ1) is 9.92. The van der Waals surface area contributed by atoms with Gasteiger partial charge in [0, 0.05) is 42.9 Å². The van der Waals surface area contributed by atoms with E-state index >= 15 is 0 Å². The summed E-state index contributed by atoms with van der Waals surface area (Å²) >= 11 is 0. The van der Waals surface area contributed by atoms with Crippen molar-refractivity contribution in [2.75, 3.05) is 0 Å². The third-order valence-corrected chi connectivity index (χ3v) is 3.04. The minimum Gasteiger partial charge on any atom is -0.341 e. The first kappa shape index (κ1) is 12.6. The molecule has 0 saturated heterocycles. The zero-order valence-corrected chi connectivity index (χ0v) is 11.1. The molecule has 4 heteroatoms. The van der Waals surface area contributed by atoms with Crippen LogP contribution in [0.2, 0.25) is 0 Å². The molecule has 4 nitrogen and oxygen atoms in total. The molecule has 0 unspecified atom stereocenters. The second-order valence-electron chi connectivity index (χ2n) is 4.59. The van der Waals surface area contributed by atoms with Gasteiger partial charge in [0.1, 0.15) is 5.82 Å². The van der Waals surface area contributed by atoms with Crippen LogP contribution in [0.1, 0.15) is 11.3 Å². The molecule has 100 valence electrons. The highest BCUT2D eigenvalue weighted by molar-refractivity contribution is 5.54. The minimum atomic E-state index is 0.759.